The molecular weight excluding hydrogens is 276 g/mol. The summed E-state index contributed by atoms with van der Waals surface area (Å²) in [6.45, 7) is 8.17. The molecule has 3 atom stereocenters. The molecule has 1 aromatic rings. The van der Waals surface area contributed by atoms with Gasteiger partial charge in [-0.2, -0.15) is 0 Å². The lowest BCUT2D eigenvalue weighted by Crippen LogP contribution is -2.52. The van der Waals surface area contributed by atoms with Crippen molar-refractivity contribution >= 4 is 5.91 Å². The van der Waals surface area contributed by atoms with Crippen LogP contribution in [0.15, 0.2) is 12.4 Å². The van der Waals surface area contributed by atoms with Gasteiger partial charge in [-0.3, -0.25) is 14.7 Å². The molecule has 0 N–H and O–H groups in total. The highest BCUT2D eigenvalue weighted by Gasteiger charge is 2.36. The second kappa shape index (κ2) is 6.32. The number of nitrogens with zero attached hydrogens (tertiary/aromatic N) is 4. The van der Waals surface area contributed by atoms with E-state index in [-0.39, 0.29) is 5.91 Å². The van der Waals surface area contributed by atoms with Crippen molar-refractivity contribution in [3.63, 3.8) is 0 Å². The number of rotatable bonds is 2. The van der Waals surface area contributed by atoms with Gasteiger partial charge in [0, 0.05) is 37.4 Å². The fourth-order valence-corrected chi connectivity index (χ4v) is 3.98. The molecule has 2 aliphatic heterocycles. The quantitative estimate of drug-likeness (QED) is 0.841. The summed E-state index contributed by atoms with van der Waals surface area (Å²) < 4.78 is 0. The third-order valence-electron chi connectivity index (χ3n) is 5.13. The molecule has 3 heterocycles. The Hall–Kier alpha value is -1.49. The maximum absolute atomic E-state index is 12.6. The first-order valence-corrected chi connectivity index (χ1v) is 8.41. The van der Waals surface area contributed by atoms with Crippen LogP contribution in [0.3, 0.4) is 0 Å². The summed E-state index contributed by atoms with van der Waals surface area (Å²) in [5.74, 6) is 0.0247. The number of aromatic nitrogens is 2. The van der Waals surface area contributed by atoms with Gasteiger partial charge in [0.25, 0.3) is 5.91 Å². The summed E-state index contributed by atoms with van der Waals surface area (Å²) >= 11 is 0. The summed E-state index contributed by atoms with van der Waals surface area (Å²) in [5, 5.41) is 0. The van der Waals surface area contributed by atoms with E-state index in [0.29, 0.717) is 23.8 Å². The van der Waals surface area contributed by atoms with Crippen LogP contribution >= 0.6 is 0 Å². The van der Waals surface area contributed by atoms with E-state index in [1.54, 1.807) is 12.4 Å². The third-order valence-corrected chi connectivity index (χ3v) is 5.13. The first kappa shape index (κ1) is 15.4. The number of carbonyl (C=O) groups is 1. The van der Waals surface area contributed by atoms with Gasteiger partial charge in [-0.05, 0) is 46.5 Å². The van der Waals surface area contributed by atoms with Crippen LogP contribution in [0.5, 0.6) is 0 Å². The third kappa shape index (κ3) is 3.00. The lowest BCUT2D eigenvalue weighted by molar-refractivity contribution is 0.0482. The van der Waals surface area contributed by atoms with Crippen molar-refractivity contribution in [2.24, 2.45) is 0 Å². The van der Waals surface area contributed by atoms with Gasteiger partial charge in [0.15, 0.2) is 0 Å². The van der Waals surface area contributed by atoms with Crippen molar-refractivity contribution in [1.29, 1.82) is 0 Å². The number of aryl methyl sites for hydroxylation is 1. The van der Waals surface area contributed by atoms with Gasteiger partial charge in [0.05, 0.1) is 11.9 Å². The molecule has 3 rings (SSSR count). The zero-order chi connectivity index (χ0) is 15.7. The summed E-state index contributed by atoms with van der Waals surface area (Å²) in [6.07, 6.45) is 8.08. The predicted molar refractivity (Wildman–Crippen MR) is 85.7 cm³/mol. The molecule has 5 nitrogen and oxygen atoms in total. The van der Waals surface area contributed by atoms with Gasteiger partial charge in [0.1, 0.15) is 5.69 Å². The molecular formula is C17H26N4O. The number of carbonyl (C=O) groups excluding carboxylic acids is 1. The second-order valence-corrected chi connectivity index (χ2v) is 6.81. The molecule has 22 heavy (non-hydrogen) atoms. The van der Waals surface area contributed by atoms with Gasteiger partial charge < -0.3 is 4.90 Å². The van der Waals surface area contributed by atoms with Gasteiger partial charge in [-0.15, -0.1) is 0 Å². The first-order chi connectivity index (χ1) is 10.6. The van der Waals surface area contributed by atoms with Gasteiger partial charge in [-0.25, -0.2) is 4.98 Å². The molecule has 0 aliphatic carbocycles. The van der Waals surface area contributed by atoms with E-state index in [9.17, 15) is 4.79 Å². The van der Waals surface area contributed by atoms with Crippen LogP contribution in [-0.4, -0.2) is 56.9 Å². The fraction of sp³-hybridized carbons (Fsp3) is 0.706. The Morgan fingerprint density at radius 2 is 1.86 bits per heavy atom. The molecule has 1 aromatic heterocycles. The average molecular weight is 302 g/mol. The number of amides is 1. The predicted octanol–water partition coefficient (Wildman–Crippen LogP) is 2.26. The molecule has 5 heteroatoms. The molecule has 0 bridgehead atoms. The topological polar surface area (TPSA) is 49.3 Å². The molecule has 1 amide bonds. The van der Waals surface area contributed by atoms with Crippen molar-refractivity contribution in [2.45, 2.75) is 64.6 Å². The zero-order valence-corrected chi connectivity index (χ0v) is 13.8. The van der Waals surface area contributed by atoms with Crippen LogP contribution in [0.4, 0.5) is 0 Å². The van der Waals surface area contributed by atoms with Crippen molar-refractivity contribution in [1.82, 2.24) is 19.8 Å². The van der Waals surface area contributed by atoms with E-state index in [0.717, 1.165) is 25.2 Å². The molecule has 0 radical (unpaired) electrons. The van der Waals surface area contributed by atoms with Crippen molar-refractivity contribution in [3.8, 4) is 0 Å². The molecule has 0 spiro atoms. The second-order valence-electron chi connectivity index (χ2n) is 6.81. The van der Waals surface area contributed by atoms with E-state index in [2.05, 4.69) is 28.7 Å². The van der Waals surface area contributed by atoms with Crippen LogP contribution in [0.25, 0.3) is 0 Å². The Morgan fingerprint density at radius 3 is 2.50 bits per heavy atom. The van der Waals surface area contributed by atoms with Crippen molar-refractivity contribution in [2.75, 3.05) is 13.1 Å². The number of likely N-dealkylation sites (tertiary alicyclic amines) is 2. The van der Waals surface area contributed by atoms with Crippen molar-refractivity contribution in [3.05, 3.63) is 23.8 Å². The molecule has 0 unspecified atom stereocenters. The van der Waals surface area contributed by atoms with E-state index in [1.165, 1.54) is 19.3 Å². The minimum atomic E-state index is 0.0247. The summed E-state index contributed by atoms with van der Waals surface area (Å²) in [4.78, 5) is 25.7. The molecule has 0 saturated carbocycles. The summed E-state index contributed by atoms with van der Waals surface area (Å²) in [7, 11) is 0. The van der Waals surface area contributed by atoms with Gasteiger partial charge in [0.2, 0.25) is 0 Å². The van der Waals surface area contributed by atoms with E-state index in [4.69, 9.17) is 0 Å². The minimum absolute atomic E-state index is 0.0247. The molecule has 2 fully saturated rings. The number of hydrogen-bond donors (Lipinski definition) is 0. The van der Waals surface area contributed by atoms with Crippen LogP contribution < -0.4 is 0 Å². The van der Waals surface area contributed by atoms with Crippen LogP contribution in [0.2, 0.25) is 0 Å². The Bertz CT molecular complexity index is 520. The van der Waals surface area contributed by atoms with E-state index in [1.807, 2.05) is 11.8 Å². The number of hydrogen-bond acceptors (Lipinski definition) is 4. The normalized spacial score (nSPS) is 29.8. The minimum Gasteiger partial charge on any atom is -0.336 e. The van der Waals surface area contributed by atoms with Gasteiger partial charge >= 0.3 is 0 Å². The monoisotopic (exact) mass is 302 g/mol. The Kier molecular flexibility index (Phi) is 4.43. The average Bonchev–Trinajstić information content (AvgIpc) is 2.86. The first-order valence-electron chi connectivity index (χ1n) is 8.41. The largest absolute Gasteiger partial charge is 0.336 e. The molecule has 0 aromatic carbocycles. The van der Waals surface area contributed by atoms with Crippen molar-refractivity contribution < 1.29 is 4.79 Å². The lowest BCUT2D eigenvalue weighted by atomic mass is 10.0. The van der Waals surface area contributed by atoms with Gasteiger partial charge in [-0.1, -0.05) is 0 Å². The SMILES string of the molecule is Cc1cnc(C(=O)N2CCC[C@H](N3[C@@H](C)CC[C@@H]3C)C2)cn1. The van der Waals surface area contributed by atoms with E-state index >= 15 is 0 Å². The highest BCUT2D eigenvalue weighted by molar-refractivity contribution is 5.92. The Morgan fingerprint density at radius 1 is 1.14 bits per heavy atom. The fourth-order valence-electron chi connectivity index (χ4n) is 3.98. The molecule has 120 valence electrons. The van der Waals surface area contributed by atoms with Crippen LogP contribution in [0, 0.1) is 6.92 Å². The lowest BCUT2D eigenvalue weighted by Gasteiger charge is -2.41. The summed E-state index contributed by atoms with van der Waals surface area (Å²) in [5.41, 5.74) is 1.31. The standard InChI is InChI=1S/C17H26N4O/c1-12-9-19-16(10-18-12)17(22)20-8-4-5-15(11-20)21-13(2)6-7-14(21)3/h9-10,13-15H,4-8,11H2,1-3H3/t13-,14-,15-/m0/s1. The number of piperidine rings is 1. The van der Waals surface area contributed by atoms with Crippen LogP contribution in [-0.2, 0) is 0 Å². The smallest absolute Gasteiger partial charge is 0.274 e. The molecule has 2 aliphatic rings. The van der Waals surface area contributed by atoms with E-state index < -0.39 is 0 Å². The Labute approximate surface area is 132 Å². The molecule has 2 saturated heterocycles. The maximum Gasteiger partial charge on any atom is 0.274 e. The maximum atomic E-state index is 12.6. The summed E-state index contributed by atoms with van der Waals surface area (Å²) in [6, 6.07) is 1.76. The zero-order valence-electron chi connectivity index (χ0n) is 13.8. The highest BCUT2D eigenvalue weighted by Crippen LogP contribution is 2.30. The Balaban J connectivity index is 1.70. The highest BCUT2D eigenvalue weighted by atomic mass is 16.2. The van der Waals surface area contributed by atoms with Crippen LogP contribution in [0.1, 0.15) is 55.7 Å².